The SMILES string of the molecule is Cc1cccc(C(=O)N[C@@H](C)c2nnc(SCC(=O)Nc3ccc(C)cc3C)n2C)c1. The predicted octanol–water partition coefficient (Wildman–Crippen LogP) is 3.96. The van der Waals surface area contributed by atoms with E-state index < -0.39 is 0 Å². The third kappa shape index (κ3) is 5.73. The lowest BCUT2D eigenvalue weighted by Crippen LogP contribution is -2.28. The van der Waals surface area contributed by atoms with E-state index in [-0.39, 0.29) is 23.6 Å². The fraction of sp³-hybridized carbons (Fsp3) is 0.304. The van der Waals surface area contributed by atoms with Crippen LogP contribution in [0.5, 0.6) is 0 Å². The number of anilines is 1. The molecule has 0 bridgehead atoms. The average Bonchev–Trinajstić information content (AvgIpc) is 3.09. The molecule has 0 radical (unpaired) electrons. The highest BCUT2D eigenvalue weighted by Gasteiger charge is 2.19. The van der Waals surface area contributed by atoms with Crippen molar-refractivity contribution >= 4 is 29.3 Å². The maximum Gasteiger partial charge on any atom is 0.251 e. The van der Waals surface area contributed by atoms with Gasteiger partial charge in [0.05, 0.1) is 11.8 Å². The molecule has 0 spiro atoms. The number of thioether (sulfide) groups is 1. The van der Waals surface area contributed by atoms with Crippen molar-refractivity contribution in [2.24, 2.45) is 7.05 Å². The number of carbonyl (C=O) groups excluding carboxylic acids is 2. The molecule has 3 aromatic rings. The van der Waals surface area contributed by atoms with E-state index >= 15 is 0 Å². The molecular formula is C23H27N5O2S. The molecule has 0 unspecified atom stereocenters. The molecular weight excluding hydrogens is 410 g/mol. The smallest absolute Gasteiger partial charge is 0.251 e. The molecule has 2 amide bonds. The molecule has 0 aliphatic carbocycles. The normalized spacial score (nSPS) is 11.8. The Balaban J connectivity index is 1.59. The monoisotopic (exact) mass is 437 g/mol. The topological polar surface area (TPSA) is 88.9 Å². The van der Waals surface area contributed by atoms with Crippen LogP contribution in [-0.4, -0.2) is 32.3 Å². The molecule has 8 heteroatoms. The van der Waals surface area contributed by atoms with Gasteiger partial charge in [0.15, 0.2) is 11.0 Å². The van der Waals surface area contributed by atoms with Crippen LogP contribution in [0.4, 0.5) is 5.69 Å². The van der Waals surface area contributed by atoms with E-state index in [1.807, 2.05) is 71.1 Å². The van der Waals surface area contributed by atoms with Gasteiger partial charge in [-0.3, -0.25) is 9.59 Å². The number of rotatable bonds is 7. The lowest BCUT2D eigenvalue weighted by atomic mass is 10.1. The fourth-order valence-corrected chi connectivity index (χ4v) is 3.95. The summed E-state index contributed by atoms with van der Waals surface area (Å²) in [6.45, 7) is 7.79. The Morgan fingerprint density at radius 1 is 1.06 bits per heavy atom. The second-order valence-corrected chi connectivity index (χ2v) is 8.56. The number of aryl methyl sites for hydroxylation is 3. The van der Waals surface area contributed by atoms with Crippen LogP contribution < -0.4 is 10.6 Å². The Labute approximate surface area is 186 Å². The number of benzene rings is 2. The Hall–Kier alpha value is -3.13. The molecule has 1 heterocycles. The summed E-state index contributed by atoms with van der Waals surface area (Å²) in [5, 5.41) is 14.9. The molecule has 31 heavy (non-hydrogen) atoms. The minimum Gasteiger partial charge on any atom is -0.342 e. The zero-order valence-corrected chi connectivity index (χ0v) is 19.2. The van der Waals surface area contributed by atoms with Crippen LogP contribution in [0.25, 0.3) is 0 Å². The van der Waals surface area contributed by atoms with Crippen LogP contribution in [0.2, 0.25) is 0 Å². The first-order valence-corrected chi connectivity index (χ1v) is 11.0. The summed E-state index contributed by atoms with van der Waals surface area (Å²) in [5.74, 6) is 0.561. The van der Waals surface area contributed by atoms with Gasteiger partial charge in [-0.15, -0.1) is 10.2 Å². The number of nitrogens with one attached hydrogen (secondary N) is 2. The van der Waals surface area contributed by atoms with Crippen molar-refractivity contribution in [3.8, 4) is 0 Å². The van der Waals surface area contributed by atoms with Crippen LogP contribution >= 0.6 is 11.8 Å². The molecule has 0 aliphatic rings. The van der Waals surface area contributed by atoms with Gasteiger partial charge in [0.1, 0.15) is 0 Å². The lowest BCUT2D eigenvalue weighted by molar-refractivity contribution is -0.113. The standard InChI is InChI=1S/C23H27N5O2S/c1-14-7-6-8-18(12-14)22(30)24-17(4)21-26-27-23(28(21)5)31-13-20(29)25-19-10-9-15(2)11-16(19)3/h6-12,17H,13H2,1-5H3,(H,24,30)(H,25,29)/t17-/m0/s1. The van der Waals surface area contributed by atoms with Gasteiger partial charge in [0, 0.05) is 18.3 Å². The molecule has 0 aliphatic heterocycles. The Kier molecular flexibility index (Phi) is 7.12. The first-order chi connectivity index (χ1) is 14.7. The van der Waals surface area contributed by atoms with Crippen LogP contribution in [0.15, 0.2) is 47.6 Å². The average molecular weight is 438 g/mol. The van der Waals surface area contributed by atoms with Gasteiger partial charge in [-0.1, -0.05) is 47.2 Å². The summed E-state index contributed by atoms with van der Waals surface area (Å²) in [5.41, 5.74) is 4.61. The van der Waals surface area contributed by atoms with E-state index in [9.17, 15) is 9.59 Å². The van der Waals surface area contributed by atoms with Crippen LogP contribution in [0, 0.1) is 20.8 Å². The Morgan fingerprint density at radius 3 is 2.52 bits per heavy atom. The third-order valence-corrected chi connectivity index (χ3v) is 5.89. The van der Waals surface area contributed by atoms with E-state index in [4.69, 9.17) is 0 Å². The molecule has 1 atom stereocenters. The number of nitrogens with zero attached hydrogens (tertiary/aromatic N) is 3. The number of hydrogen-bond acceptors (Lipinski definition) is 5. The molecule has 3 rings (SSSR count). The van der Waals surface area contributed by atoms with Crippen molar-refractivity contribution < 1.29 is 9.59 Å². The number of hydrogen-bond donors (Lipinski definition) is 2. The molecule has 0 fully saturated rings. The zero-order valence-electron chi connectivity index (χ0n) is 18.4. The van der Waals surface area contributed by atoms with Crippen molar-refractivity contribution in [3.63, 3.8) is 0 Å². The van der Waals surface area contributed by atoms with Crippen molar-refractivity contribution in [1.29, 1.82) is 0 Å². The number of carbonyl (C=O) groups is 2. The van der Waals surface area contributed by atoms with E-state index in [1.54, 1.807) is 10.6 Å². The lowest BCUT2D eigenvalue weighted by Gasteiger charge is -2.14. The Morgan fingerprint density at radius 2 is 1.81 bits per heavy atom. The summed E-state index contributed by atoms with van der Waals surface area (Å²) in [6, 6.07) is 13.0. The minimum absolute atomic E-state index is 0.109. The maximum atomic E-state index is 12.5. The van der Waals surface area contributed by atoms with E-state index in [0.29, 0.717) is 16.5 Å². The predicted molar refractivity (Wildman–Crippen MR) is 123 cm³/mol. The summed E-state index contributed by atoms with van der Waals surface area (Å²) in [7, 11) is 1.83. The zero-order chi connectivity index (χ0) is 22.5. The van der Waals surface area contributed by atoms with Crippen molar-refractivity contribution in [1.82, 2.24) is 20.1 Å². The molecule has 1 aromatic heterocycles. The van der Waals surface area contributed by atoms with Crippen LogP contribution in [-0.2, 0) is 11.8 Å². The summed E-state index contributed by atoms with van der Waals surface area (Å²) in [6.07, 6.45) is 0. The van der Waals surface area contributed by atoms with Crippen molar-refractivity contribution in [2.75, 3.05) is 11.1 Å². The van der Waals surface area contributed by atoms with Gasteiger partial charge in [-0.2, -0.15) is 0 Å². The fourth-order valence-electron chi connectivity index (χ4n) is 3.23. The summed E-state index contributed by atoms with van der Waals surface area (Å²) >= 11 is 1.30. The molecule has 162 valence electrons. The highest BCUT2D eigenvalue weighted by atomic mass is 32.2. The third-order valence-electron chi connectivity index (χ3n) is 4.87. The quantitative estimate of drug-likeness (QED) is 0.546. The highest BCUT2D eigenvalue weighted by Crippen LogP contribution is 2.21. The first-order valence-electron chi connectivity index (χ1n) is 10.0. The number of amides is 2. The van der Waals surface area contributed by atoms with E-state index in [0.717, 1.165) is 22.4 Å². The van der Waals surface area contributed by atoms with E-state index in [1.165, 1.54) is 11.8 Å². The van der Waals surface area contributed by atoms with Gasteiger partial charge in [-0.25, -0.2) is 0 Å². The molecule has 0 saturated heterocycles. The number of aromatic nitrogens is 3. The van der Waals surface area contributed by atoms with Gasteiger partial charge in [-0.05, 0) is 51.5 Å². The van der Waals surface area contributed by atoms with Crippen molar-refractivity contribution in [2.45, 2.75) is 38.9 Å². The van der Waals surface area contributed by atoms with E-state index in [2.05, 4.69) is 20.8 Å². The maximum absolute atomic E-state index is 12.5. The van der Waals surface area contributed by atoms with Gasteiger partial charge in [0.25, 0.3) is 5.91 Å². The first kappa shape index (κ1) is 22.6. The highest BCUT2D eigenvalue weighted by molar-refractivity contribution is 7.99. The second-order valence-electron chi connectivity index (χ2n) is 7.62. The summed E-state index contributed by atoms with van der Waals surface area (Å²) in [4.78, 5) is 24.9. The van der Waals surface area contributed by atoms with Crippen molar-refractivity contribution in [3.05, 3.63) is 70.5 Å². The largest absolute Gasteiger partial charge is 0.342 e. The Bertz CT molecular complexity index is 1110. The molecule has 2 aromatic carbocycles. The van der Waals surface area contributed by atoms with Crippen LogP contribution in [0.3, 0.4) is 0 Å². The van der Waals surface area contributed by atoms with Crippen LogP contribution in [0.1, 0.15) is 45.8 Å². The van der Waals surface area contributed by atoms with Gasteiger partial charge in [0.2, 0.25) is 5.91 Å². The molecule has 0 saturated carbocycles. The second kappa shape index (κ2) is 9.78. The summed E-state index contributed by atoms with van der Waals surface area (Å²) < 4.78 is 1.80. The molecule has 2 N–H and O–H groups in total. The van der Waals surface area contributed by atoms with Gasteiger partial charge >= 0.3 is 0 Å². The molecule has 7 nitrogen and oxygen atoms in total. The van der Waals surface area contributed by atoms with Gasteiger partial charge < -0.3 is 15.2 Å². The minimum atomic E-state index is -0.330.